The average molecular weight is 254 g/mol. The van der Waals surface area contributed by atoms with E-state index in [1.807, 2.05) is 19.1 Å². The zero-order valence-corrected chi connectivity index (χ0v) is 10.5. The van der Waals surface area contributed by atoms with Crippen molar-refractivity contribution in [1.29, 1.82) is 0 Å². The minimum Gasteiger partial charge on any atom is -0.465 e. The molecule has 0 saturated heterocycles. The first-order chi connectivity index (χ1) is 7.78. The first kappa shape index (κ1) is 12.4. The molecule has 0 radical (unpaired) electrons. The van der Waals surface area contributed by atoms with Gasteiger partial charge in [-0.1, -0.05) is 24.3 Å². The Labute approximate surface area is 107 Å². The largest absolute Gasteiger partial charge is 0.465 e. The Bertz CT molecular complexity index is 449. The molecule has 1 aromatic carbocycles. The highest BCUT2D eigenvalue weighted by atomic mass is 35.5. The summed E-state index contributed by atoms with van der Waals surface area (Å²) in [5.41, 5.74) is 2.21. The smallest absolute Gasteiger partial charge is 0.326 e. The third-order valence-corrected chi connectivity index (χ3v) is 3.63. The summed E-state index contributed by atoms with van der Waals surface area (Å²) in [7, 11) is 0. The molecule has 2 aliphatic rings. The second-order valence-corrected chi connectivity index (χ2v) is 4.50. The lowest BCUT2D eigenvalue weighted by Gasteiger charge is -2.24. The quantitative estimate of drug-likeness (QED) is 0.820. The van der Waals surface area contributed by atoms with Crippen LogP contribution in [0.5, 0.6) is 0 Å². The Kier molecular flexibility index (Phi) is 3.15. The summed E-state index contributed by atoms with van der Waals surface area (Å²) in [5, 5.41) is 3.34. The number of ether oxygens (including phenoxy) is 1. The minimum absolute atomic E-state index is 0. The monoisotopic (exact) mass is 253 g/mol. The fourth-order valence-corrected chi connectivity index (χ4v) is 2.68. The minimum atomic E-state index is -0.412. The van der Waals surface area contributed by atoms with Crippen LogP contribution in [0.2, 0.25) is 0 Å². The van der Waals surface area contributed by atoms with Crippen molar-refractivity contribution in [2.24, 2.45) is 0 Å². The highest BCUT2D eigenvalue weighted by Crippen LogP contribution is 2.55. The van der Waals surface area contributed by atoms with Gasteiger partial charge in [-0.05, 0) is 24.5 Å². The molecule has 0 aromatic heterocycles. The second-order valence-electron chi connectivity index (χ2n) is 4.50. The van der Waals surface area contributed by atoms with Crippen LogP contribution in [0.1, 0.15) is 30.4 Å². The third kappa shape index (κ3) is 1.74. The fraction of sp³-hybridized carbons (Fsp3) is 0.462. The van der Waals surface area contributed by atoms with Crippen LogP contribution < -0.4 is 5.32 Å². The Balaban J connectivity index is 0.00000108. The van der Waals surface area contributed by atoms with E-state index in [2.05, 4.69) is 17.4 Å². The van der Waals surface area contributed by atoms with Crippen molar-refractivity contribution in [2.75, 3.05) is 6.61 Å². The predicted molar refractivity (Wildman–Crippen MR) is 67.3 cm³/mol. The molecule has 17 heavy (non-hydrogen) atoms. The average Bonchev–Trinajstić information content (AvgIpc) is 3.06. The molecule has 3 nitrogen and oxygen atoms in total. The summed E-state index contributed by atoms with van der Waals surface area (Å²) in [4.78, 5) is 11.9. The van der Waals surface area contributed by atoms with E-state index in [1.165, 1.54) is 11.1 Å². The molecule has 0 amide bonds. The molecule has 1 fully saturated rings. The summed E-state index contributed by atoms with van der Waals surface area (Å²) in [6, 6.07) is 8.33. The van der Waals surface area contributed by atoms with Crippen LogP contribution >= 0.6 is 12.4 Å². The first-order valence-electron chi connectivity index (χ1n) is 5.78. The summed E-state index contributed by atoms with van der Waals surface area (Å²) < 4.78 is 5.14. The standard InChI is InChI=1S/C13H15NO2.ClH/c1-2-16-12(15)13-7-11(13)10-6-4-3-5-9(10)8-14-13;/h3-6,11,14H,2,7-8H2,1H3;1H. The molecule has 1 heterocycles. The predicted octanol–water partition coefficient (Wildman–Crippen LogP) is 2.00. The lowest BCUT2D eigenvalue weighted by Crippen LogP contribution is -2.44. The van der Waals surface area contributed by atoms with Gasteiger partial charge in [-0.3, -0.25) is 10.1 Å². The lowest BCUT2D eigenvalue weighted by molar-refractivity contribution is -0.147. The zero-order valence-electron chi connectivity index (χ0n) is 9.73. The maximum absolute atomic E-state index is 11.9. The van der Waals surface area contributed by atoms with E-state index >= 15 is 0 Å². The first-order valence-corrected chi connectivity index (χ1v) is 5.78. The molecule has 1 aliphatic carbocycles. The van der Waals surface area contributed by atoms with Gasteiger partial charge in [0.1, 0.15) is 5.54 Å². The van der Waals surface area contributed by atoms with Crippen molar-refractivity contribution < 1.29 is 9.53 Å². The highest BCUT2D eigenvalue weighted by molar-refractivity contribution is 5.87. The van der Waals surface area contributed by atoms with Crippen molar-refractivity contribution in [3.8, 4) is 0 Å². The molecular weight excluding hydrogens is 238 g/mol. The van der Waals surface area contributed by atoms with E-state index < -0.39 is 5.54 Å². The summed E-state index contributed by atoms with van der Waals surface area (Å²) >= 11 is 0. The number of hydrogen-bond acceptors (Lipinski definition) is 3. The molecular formula is C13H16ClNO2. The van der Waals surface area contributed by atoms with Crippen molar-refractivity contribution in [3.05, 3.63) is 35.4 Å². The topological polar surface area (TPSA) is 38.3 Å². The van der Waals surface area contributed by atoms with Gasteiger partial charge >= 0.3 is 5.97 Å². The van der Waals surface area contributed by atoms with Gasteiger partial charge in [-0.15, -0.1) is 12.4 Å². The van der Waals surface area contributed by atoms with E-state index in [1.54, 1.807) is 0 Å². The van der Waals surface area contributed by atoms with E-state index in [9.17, 15) is 4.79 Å². The third-order valence-electron chi connectivity index (χ3n) is 3.63. The van der Waals surface area contributed by atoms with Crippen LogP contribution in [0.15, 0.2) is 24.3 Å². The Hall–Kier alpha value is -1.06. The van der Waals surface area contributed by atoms with Crippen molar-refractivity contribution in [1.82, 2.24) is 5.32 Å². The van der Waals surface area contributed by atoms with Crippen LogP contribution in [0.4, 0.5) is 0 Å². The number of carbonyl (C=O) groups excluding carboxylic acids is 1. The summed E-state index contributed by atoms with van der Waals surface area (Å²) in [6.45, 7) is 3.07. The zero-order chi connectivity index (χ0) is 11.2. The maximum Gasteiger partial charge on any atom is 0.326 e. The van der Waals surface area contributed by atoms with Gasteiger partial charge in [0.2, 0.25) is 0 Å². The van der Waals surface area contributed by atoms with Crippen LogP contribution in [-0.2, 0) is 16.1 Å². The van der Waals surface area contributed by atoms with Crippen LogP contribution in [-0.4, -0.2) is 18.1 Å². The molecule has 92 valence electrons. The summed E-state index contributed by atoms with van der Waals surface area (Å²) in [5.74, 6) is 0.228. The van der Waals surface area contributed by atoms with Crippen LogP contribution in [0.25, 0.3) is 0 Å². The van der Waals surface area contributed by atoms with Gasteiger partial charge in [-0.25, -0.2) is 0 Å². The molecule has 3 rings (SSSR count). The normalized spacial score (nSPS) is 28.4. The van der Waals surface area contributed by atoms with Crippen molar-refractivity contribution in [2.45, 2.75) is 31.3 Å². The highest BCUT2D eigenvalue weighted by Gasteiger charge is 2.63. The van der Waals surface area contributed by atoms with E-state index in [-0.39, 0.29) is 18.4 Å². The Morgan fingerprint density at radius 2 is 2.29 bits per heavy atom. The van der Waals surface area contributed by atoms with Crippen molar-refractivity contribution in [3.63, 3.8) is 0 Å². The molecule has 2 atom stereocenters. The Morgan fingerprint density at radius 1 is 1.53 bits per heavy atom. The fourth-order valence-electron chi connectivity index (χ4n) is 2.68. The number of esters is 1. The molecule has 2 unspecified atom stereocenters. The van der Waals surface area contributed by atoms with Crippen LogP contribution in [0, 0.1) is 0 Å². The van der Waals surface area contributed by atoms with Gasteiger partial charge in [0, 0.05) is 12.5 Å². The summed E-state index contributed by atoms with van der Waals surface area (Å²) in [6.07, 6.45) is 0.878. The molecule has 1 aromatic rings. The number of halogens is 1. The number of benzene rings is 1. The van der Waals surface area contributed by atoms with E-state index in [4.69, 9.17) is 4.74 Å². The van der Waals surface area contributed by atoms with Gasteiger partial charge in [-0.2, -0.15) is 0 Å². The van der Waals surface area contributed by atoms with E-state index in [0.29, 0.717) is 12.5 Å². The Morgan fingerprint density at radius 3 is 3.06 bits per heavy atom. The number of nitrogens with one attached hydrogen (secondary N) is 1. The molecule has 1 saturated carbocycles. The van der Waals surface area contributed by atoms with Gasteiger partial charge in [0.15, 0.2) is 0 Å². The number of carbonyl (C=O) groups is 1. The maximum atomic E-state index is 11.9. The molecule has 0 spiro atoms. The van der Waals surface area contributed by atoms with Gasteiger partial charge in [0.25, 0.3) is 0 Å². The van der Waals surface area contributed by atoms with Crippen LogP contribution in [0.3, 0.4) is 0 Å². The lowest BCUT2D eigenvalue weighted by atomic mass is 9.96. The van der Waals surface area contributed by atoms with E-state index in [0.717, 1.165) is 13.0 Å². The molecule has 4 heteroatoms. The molecule has 0 bridgehead atoms. The van der Waals surface area contributed by atoms with Gasteiger partial charge in [0.05, 0.1) is 6.61 Å². The number of fused-ring (bicyclic) bond motifs is 3. The number of hydrogen-bond donors (Lipinski definition) is 1. The second kappa shape index (κ2) is 4.31. The van der Waals surface area contributed by atoms with Crippen molar-refractivity contribution >= 4 is 18.4 Å². The SMILES string of the molecule is CCOC(=O)C12CC1c1ccccc1CN2.Cl. The number of rotatable bonds is 2. The van der Waals surface area contributed by atoms with Gasteiger partial charge < -0.3 is 4.74 Å². The molecule has 1 N–H and O–H groups in total. The molecule has 1 aliphatic heterocycles.